The zero-order valence-electron chi connectivity index (χ0n) is 7.50. The molecule has 0 unspecified atom stereocenters. The molecule has 0 aromatic carbocycles. The summed E-state index contributed by atoms with van der Waals surface area (Å²) in [6, 6.07) is 2.06. The van der Waals surface area contributed by atoms with Gasteiger partial charge < -0.3 is 4.57 Å². The summed E-state index contributed by atoms with van der Waals surface area (Å²) in [6.07, 6.45) is 3.52. The van der Waals surface area contributed by atoms with E-state index in [9.17, 15) is 0 Å². The smallest absolute Gasteiger partial charge is 0.140 e. The number of hydrogen-bond donors (Lipinski definition) is 0. The summed E-state index contributed by atoms with van der Waals surface area (Å²) in [5.41, 5.74) is 1.76. The highest BCUT2D eigenvalue weighted by atomic mass is 15.0. The van der Waals surface area contributed by atoms with Gasteiger partial charge in [0.1, 0.15) is 17.6 Å². The number of nitrogens with zero attached hydrogens (tertiary/aromatic N) is 3. The molecule has 0 fully saturated rings. The lowest BCUT2D eigenvalue weighted by molar-refractivity contribution is 0.880. The van der Waals surface area contributed by atoms with Gasteiger partial charge in [-0.15, -0.1) is 0 Å². The molecule has 0 saturated carbocycles. The molecule has 1 heterocycles. The number of nitriles is 1. The first-order valence-corrected chi connectivity index (χ1v) is 3.72. The van der Waals surface area contributed by atoms with Crippen molar-refractivity contribution in [2.75, 3.05) is 0 Å². The fourth-order valence-electron chi connectivity index (χ4n) is 0.920. The van der Waals surface area contributed by atoms with Crippen molar-refractivity contribution in [2.45, 2.75) is 13.8 Å². The predicted molar refractivity (Wildman–Crippen MR) is 47.2 cm³/mol. The van der Waals surface area contributed by atoms with Crippen LogP contribution in [-0.4, -0.2) is 9.55 Å². The molecular formula is C9H11N3. The van der Waals surface area contributed by atoms with Gasteiger partial charge in [-0.05, 0) is 19.9 Å². The second-order valence-corrected chi connectivity index (χ2v) is 2.89. The Morgan fingerprint density at radius 2 is 2.33 bits per heavy atom. The van der Waals surface area contributed by atoms with Crippen LogP contribution in [0.15, 0.2) is 11.8 Å². The largest absolute Gasteiger partial charge is 0.319 e. The van der Waals surface area contributed by atoms with Crippen LogP contribution in [0.2, 0.25) is 0 Å². The zero-order valence-corrected chi connectivity index (χ0v) is 7.50. The lowest BCUT2D eigenvalue weighted by atomic mass is 10.3. The average molecular weight is 161 g/mol. The molecule has 0 N–H and O–H groups in total. The highest BCUT2D eigenvalue weighted by molar-refractivity contribution is 5.45. The maximum atomic E-state index is 8.63. The second-order valence-electron chi connectivity index (χ2n) is 2.89. The van der Waals surface area contributed by atoms with Crippen molar-refractivity contribution >= 4 is 6.08 Å². The molecule has 0 spiro atoms. The Kier molecular flexibility index (Phi) is 2.29. The number of allylic oxidation sites excluding steroid dienone is 1. The van der Waals surface area contributed by atoms with E-state index in [0.717, 1.165) is 5.82 Å². The summed E-state index contributed by atoms with van der Waals surface area (Å²) in [7, 11) is 1.83. The summed E-state index contributed by atoms with van der Waals surface area (Å²) < 4.78 is 1.77. The van der Waals surface area contributed by atoms with Crippen molar-refractivity contribution in [1.29, 1.82) is 5.26 Å². The van der Waals surface area contributed by atoms with E-state index in [1.165, 1.54) is 5.57 Å². The van der Waals surface area contributed by atoms with Gasteiger partial charge in [0.15, 0.2) is 0 Å². The molecule has 0 saturated heterocycles. The van der Waals surface area contributed by atoms with Crippen LogP contribution in [0.3, 0.4) is 0 Å². The van der Waals surface area contributed by atoms with E-state index in [-0.39, 0.29) is 0 Å². The quantitative estimate of drug-likeness (QED) is 0.629. The van der Waals surface area contributed by atoms with Gasteiger partial charge in [0.25, 0.3) is 0 Å². The van der Waals surface area contributed by atoms with E-state index in [1.807, 2.05) is 27.0 Å². The first kappa shape index (κ1) is 8.54. The van der Waals surface area contributed by atoms with Crippen molar-refractivity contribution in [3.63, 3.8) is 0 Å². The van der Waals surface area contributed by atoms with E-state index in [4.69, 9.17) is 5.26 Å². The molecule has 3 nitrogen and oxygen atoms in total. The monoisotopic (exact) mass is 161 g/mol. The number of hydrogen-bond acceptors (Lipinski definition) is 2. The van der Waals surface area contributed by atoms with Crippen molar-refractivity contribution in [3.8, 4) is 6.07 Å². The Bertz CT molecular complexity index is 348. The molecule has 1 rings (SSSR count). The van der Waals surface area contributed by atoms with Gasteiger partial charge in [0, 0.05) is 7.05 Å². The zero-order chi connectivity index (χ0) is 9.14. The minimum atomic E-state index is 0.586. The molecule has 12 heavy (non-hydrogen) atoms. The molecule has 0 atom stereocenters. The molecular weight excluding hydrogens is 150 g/mol. The molecule has 1 aromatic heterocycles. The minimum absolute atomic E-state index is 0.586. The molecule has 62 valence electrons. The molecule has 0 aliphatic rings. The molecule has 1 aromatic rings. The summed E-state index contributed by atoms with van der Waals surface area (Å²) in [5, 5.41) is 8.63. The fourth-order valence-corrected chi connectivity index (χ4v) is 0.920. The van der Waals surface area contributed by atoms with Crippen LogP contribution in [-0.2, 0) is 7.05 Å². The third-order valence-electron chi connectivity index (χ3n) is 1.56. The van der Waals surface area contributed by atoms with Crippen LogP contribution in [0.5, 0.6) is 0 Å². The average Bonchev–Trinajstić information content (AvgIpc) is 2.32. The first-order valence-electron chi connectivity index (χ1n) is 3.72. The summed E-state index contributed by atoms with van der Waals surface area (Å²) in [5.74, 6) is 0.826. The van der Waals surface area contributed by atoms with Gasteiger partial charge in [-0.25, -0.2) is 4.98 Å². The van der Waals surface area contributed by atoms with Crippen molar-refractivity contribution in [3.05, 3.63) is 23.3 Å². The van der Waals surface area contributed by atoms with E-state index < -0.39 is 0 Å². The third kappa shape index (κ3) is 1.54. The second kappa shape index (κ2) is 3.22. The van der Waals surface area contributed by atoms with Gasteiger partial charge in [0.05, 0.1) is 6.20 Å². The maximum Gasteiger partial charge on any atom is 0.140 e. The number of imidazole rings is 1. The van der Waals surface area contributed by atoms with Crippen LogP contribution in [0.4, 0.5) is 0 Å². The lowest BCUT2D eigenvalue weighted by Crippen LogP contribution is -1.94. The van der Waals surface area contributed by atoms with Crippen LogP contribution >= 0.6 is 0 Å². The molecule has 0 radical (unpaired) electrons. The van der Waals surface area contributed by atoms with Crippen molar-refractivity contribution in [1.82, 2.24) is 9.55 Å². The first-order chi connectivity index (χ1) is 5.65. The van der Waals surface area contributed by atoms with E-state index in [2.05, 4.69) is 11.1 Å². The third-order valence-corrected chi connectivity index (χ3v) is 1.56. The topological polar surface area (TPSA) is 41.6 Å². The van der Waals surface area contributed by atoms with E-state index >= 15 is 0 Å². The van der Waals surface area contributed by atoms with Crippen molar-refractivity contribution < 1.29 is 0 Å². The van der Waals surface area contributed by atoms with Gasteiger partial charge >= 0.3 is 0 Å². The highest BCUT2D eigenvalue weighted by Gasteiger charge is 2.01. The van der Waals surface area contributed by atoms with Gasteiger partial charge in [0.2, 0.25) is 0 Å². The summed E-state index contributed by atoms with van der Waals surface area (Å²) in [4.78, 5) is 4.09. The highest BCUT2D eigenvalue weighted by Crippen LogP contribution is 2.05. The maximum absolute atomic E-state index is 8.63. The van der Waals surface area contributed by atoms with Gasteiger partial charge in [-0.1, -0.05) is 5.57 Å². The normalized spacial score (nSPS) is 9.17. The van der Waals surface area contributed by atoms with Crippen molar-refractivity contribution in [2.24, 2.45) is 7.05 Å². The Hall–Kier alpha value is -1.56. The number of aromatic nitrogens is 2. The van der Waals surface area contributed by atoms with E-state index in [0.29, 0.717) is 5.69 Å². The standard InChI is InChI=1S/C9H11N3/c1-7(2)4-9-11-6-8(5-10)12(9)3/h4,6H,1-3H3. The van der Waals surface area contributed by atoms with Gasteiger partial charge in [-0.3, -0.25) is 0 Å². The molecule has 0 amide bonds. The lowest BCUT2D eigenvalue weighted by Gasteiger charge is -1.96. The molecule has 0 aliphatic heterocycles. The summed E-state index contributed by atoms with van der Waals surface area (Å²) >= 11 is 0. The Morgan fingerprint density at radius 1 is 1.67 bits per heavy atom. The Balaban J connectivity index is 3.13. The SMILES string of the molecule is CC(C)=Cc1ncc(C#N)n1C. The van der Waals surface area contributed by atoms with Crippen LogP contribution in [0, 0.1) is 11.3 Å². The van der Waals surface area contributed by atoms with Crippen LogP contribution < -0.4 is 0 Å². The minimum Gasteiger partial charge on any atom is -0.319 e. The van der Waals surface area contributed by atoms with Crippen LogP contribution in [0.1, 0.15) is 25.4 Å². The molecule has 0 bridgehead atoms. The van der Waals surface area contributed by atoms with Crippen LogP contribution in [0.25, 0.3) is 6.08 Å². The number of rotatable bonds is 1. The molecule has 0 aliphatic carbocycles. The van der Waals surface area contributed by atoms with Gasteiger partial charge in [-0.2, -0.15) is 5.26 Å². The fraction of sp³-hybridized carbons (Fsp3) is 0.333. The van der Waals surface area contributed by atoms with E-state index in [1.54, 1.807) is 10.8 Å². The Morgan fingerprint density at radius 3 is 2.75 bits per heavy atom. The predicted octanol–water partition coefficient (Wildman–Crippen LogP) is 1.71. The summed E-state index contributed by atoms with van der Waals surface area (Å²) in [6.45, 7) is 4.00. The molecule has 3 heteroatoms. The Labute approximate surface area is 72.0 Å².